The molecule has 30 heavy (non-hydrogen) atoms. The van der Waals surface area contributed by atoms with E-state index in [1.165, 1.54) is 18.3 Å². The van der Waals surface area contributed by atoms with Gasteiger partial charge in [0.15, 0.2) is 5.82 Å². The van der Waals surface area contributed by atoms with Gasteiger partial charge in [-0.05, 0) is 30.3 Å². The van der Waals surface area contributed by atoms with E-state index in [1.807, 2.05) is 0 Å². The molecular weight excluding hydrogens is 435 g/mol. The standard InChI is InChI=1S/C18H16ClFN6O3S/c1-30(28,29)26-14-5-3-2-4-13(14)23-17-11(19)9-22-18(25-17)24-15-8-10(16(21)27)6-7-12(15)20/h2-9,26H,1H3,(H2,21,27)(H2,22,23,24,25). The Morgan fingerprint density at radius 3 is 2.47 bits per heavy atom. The molecule has 0 saturated heterocycles. The monoisotopic (exact) mass is 450 g/mol. The molecule has 0 atom stereocenters. The molecular formula is C18H16ClFN6O3S. The van der Waals surface area contributed by atoms with Crippen LogP contribution in [0.3, 0.4) is 0 Å². The number of benzene rings is 2. The summed E-state index contributed by atoms with van der Waals surface area (Å²) < 4.78 is 39.6. The van der Waals surface area contributed by atoms with E-state index in [4.69, 9.17) is 17.3 Å². The van der Waals surface area contributed by atoms with Gasteiger partial charge in [0, 0.05) is 5.56 Å². The summed E-state index contributed by atoms with van der Waals surface area (Å²) in [5.41, 5.74) is 5.93. The topological polar surface area (TPSA) is 139 Å². The summed E-state index contributed by atoms with van der Waals surface area (Å²) in [5, 5.41) is 5.71. The Labute approximate surface area is 176 Å². The number of anilines is 5. The predicted molar refractivity (Wildman–Crippen MR) is 113 cm³/mol. The molecule has 0 aliphatic heterocycles. The first kappa shape index (κ1) is 21.3. The smallest absolute Gasteiger partial charge is 0.248 e. The fourth-order valence-corrected chi connectivity index (χ4v) is 3.13. The highest BCUT2D eigenvalue weighted by atomic mass is 35.5. The van der Waals surface area contributed by atoms with Gasteiger partial charge in [-0.3, -0.25) is 9.52 Å². The van der Waals surface area contributed by atoms with Crippen LogP contribution in [0.25, 0.3) is 0 Å². The van der Waals surface area contributed by atoms with Crippen molar-refractivity contribution >= 4 is 56.4 Å². The lowest BCUT2D eigenvalue weighted by molar-refractivity contribution is 0.100. The van der Waals surface area contributed by atoms with Crippen molar-refractivity contribution in [3.63, 3.8) is 0 Å². The summed E-state index contributed by atoms with van der Waals surface area (Å²) in [6.07, 6.45) is 2.31. The first-order valence-corrected chi connectivity index (χ1v) is 10.6. The van der Waals surface area contributed by atoms with Crippen molar-refractivity contribution in [1.82, 2.24) is 9.97 Å². The zero-order valence-electron chi connectivity index (χ0n) is 15.5. The van der Waals surface area contributed by atoms with Crippen LogP contribution in [0.1, 0.15) is 10.4 Å². The Kier molecular flexibility index (Phi) is 6.04. The van der Waals surface area contributed by atoms with Gasteiger partial charge in [-0.1, -0.05) is 23.7 Å². The van der Waals surface area contributed by atoms with Crippen LogP contribution in [0.2, 0.25) is 5.02 Å². The zero-order chi connectivity index (χ0) is 21.9. The third-order valence-corrected chi connectivity index (χ3v) is 4.58. The first-order chi connectivity index (χ1) is 14.1. The van der Waals surface area contributed by atoms with Gasteiger partial charge < -0.3 is 16.4 Å². The Bertz CT molecular complexity index is 1220. The molecule has 9 nitrogen and oxygen atoms in total. The molecule has 2 aromatic carbocycles. The number of hydrogen-bond acceptors (Lipinski definition) is 7. The van der Waals surface area contributed by atoms with Gasteiger partial charge in [0.05, 0.1) is 29.5 Å². The molecule has 0 unspecified atom stereocenters. The lowest BCUT2D eigenvalue weighted by Gasteiger charge is -2.14. The summed E-state index contributed by atoms with van der Waals surface area (Å²) in [7, 11) is -3.51. The van der Waals surface area contributed by atoms with Gasteiger partial charge in [-0.2, -0.15) is 4.98 Å². The summed E-state index contributed by atoms with van der Waals surface area (Å²) in [6, 6.07) is 10.1. The molecule has 0 radical (unpaired) electrons. The van der Waals surface area contributed by atoms with E-state index in [2.05, 4.69) is 25.3 Å². The summed E-state index contributed by atoms with van der Waals surface area (Å²) in [5.74, 6) is -1.23. The minimum atomic E-state index is -3.51. The molecule has 1 amide bonds. The summed E-state index contributed by atoms with van der Waals surface area (Å²) in [6.45, 7) is 0. The molecule has 3 aromatic rings. The second-order valence-corrected chi connectivity index (χ2v) is 8.27. The van der Waals surface area contributed by atoms with Crippen LogP contribution in [0, 0.1) is 5.82 Å². The molecule has 0 fully saturated rings. The fourth-order valence-electron chi connectivity index (χ4n) is 2.42. The summed E-state index contributed by atoms with van der Waals surface area (Å²) >= 11 is 6.14. The molecule has 5 N–H and O–H groups in total. The molecule has 12 heteroatoms. The van der Waals surface area contributed by atoms with Crippen molar-refractivity contribution in [2.45, 2.75) is 0 Å². The number of amides is 1. The van der Waals surface area contributed by atoms with E-state index in [0.717, 1.165) is 12.3 Å². The molecule has 1 aromatic heterocycles. The number of aromatic nitrogens is 2. The molecule has 0 spiro atoms. The van der Waals surface area contributed by atoms with Crippen molar-refractivity contribution in [2.24, 2.45) is 5.73 Å². The average Bonchev–Trinajstić information content (AvgIpc) is 2.66. The van der Waals surface area contributed by atoms with E-state index in [-0.39, 0.29) is 33.7 Å². The Morgan fingerprint density at radius 2 is 1.80 bits per heavy atom. The number of para-hydroxylation sites is 2. The maximum absolute atomic E-state index is 14.1. The van der Waals surface area contributed by atoms with Gasteiger partial charge in [0.25, 0.3) is 0 Å². The Morgan fingerprint density at radius 1 is 1.10 bits per heavy atom. The minimum absolute atomic E-state index is 0.0176. The zero-order valence-corrected chi connectivity index (χ0v) is 17.1. The summed E-state index contributed by atoms with van der Waals surface area (Å²) in [4.78, 5) is 19.5. The third kappa shape index (κ3) is 5.33. The number of rotatable bonds is 7. The van der Waals surface area contributed by atoms with Crippen molar-refractivity contribution in [3.8, 4) is 0 Å². The van der Waals surface area contributed by atoms with Crippen LogP contribution in [0.5, 0.6) is 0 Å². The number of hydrogen-bond donors (Lipinski definition) is 4. The van der Waals surface area contributed by atoms with Crippen molar-refractivity contribution < 1.29 is 17.6 Å². The van der Waals surface area contributed by atoms with E-state index in [0.29, 0.717) is 5.69 Å². The quantitative estimate of drug-likeness (QED) is 0.433. The SMILES string of the molecule is CS(=O)(=O)Nc1ccccc1Nc1nc(Nc2cc(C(N)=O)ccc2F)ncc1Cl. The van der Waals surface area contributed by atoms with Gasteiger partial charge >= 0.3 is 0 Å². The molecule has 1 heterocycles. The number of carbonyl (C=O) groups is 1. The molecule has 3 rings (SSSR count). The number of carbonyl (C=O) groups excluding carboxylic acids is 1. The maximum atomic E-state index is 14.1. The largest absolute Gasteiger partial charge is 0.366 e. The van der Waals surface area contributed by atoms with Crippen LogP contribution in [0.15, 0.2) is 48.7 Å². The van der Waals surface area contributed by atoms with E-state index in [9.17, 15) is 17.6 Å². The predicted octanol–water partition coefficient (Wildman–Crippen LogP) is 3.23. The first-order valence-electron chi connectivity index (χ1n) is 8.35. The number of nitrogens with two attached hydrogens (primary N) is 1. The maximum Gasteiger partial charge on any atom is 0.248 e. The second kappa shape index (κ2) is 8.51. The van der Waals surface area contributed by atoms with Gasteiger partial charge in [-0.15, -0.1) is 0 Å². The van der Waals surface area contributed by atoms with Crippen LogP contribution in [-0.2, 0) is 10.0 Å². The van der Waals surface area contributed by atoms with Crippen molar-refractivity contribution in [3.05, 3.63) is 65.1 Å². The lowest BCUT2D eigenvalue weighted by Crippen LogP contribution is -2.12. The highest BCUT2D eigenvalue weighted by molar-refractivity contribution is 7.92. The van der Waals surface area contributed by atoms with Gasteiger partial charge in [-0.25, -0.2) is 17.8 Å². The second-order valence-electron chi connectivity index (χ2n) is 6.12. The van der Waals surface area contributed by atoms with E-state index < -0.39 is 21.7 Å². The van der Waals surface area contributed by atoms with Crippen molar-refractivity contribution in [1.29, 1.82) is 0 Å². The van der Waals surface area contributed by atoms with E-state index >= 15 is 0 Å². The molecule has 0 aliphatic rings. The fraction of sp³-hybridized carbons (Fsp3) is 0.0556. The molecule has 0 bridgehead atoms. The highest BCUT2D eigenvalue weighted by Crippen LogP contribution is 2.30. The number of primary amides is 1. The Hall–Kier alpha value is -3.44. The molecule has 156 valence electrons. The average molecular weight is 451 g/mol. The molecule has 0 aliphatic carbocycles. The van der Waals surface area contributed by atoms with Crippen LogP contribution < -0.4 is 21.1 Å². The lowest BCUT2D eigenvalue weighted by atomic mass is 10.2. The number of nitrogens with one attached hydrogen (secondary N) is 3. The normalized spacial score (nSPS) is 11.0. The van der Waals surface area contributed by atoms with Crippen LogP contribution in [0.4, 0.5) is 33.2 Å². The number of sulfonamides is 1. The Balaban J connectivity index is 1.91. The highest BCUT2D eigenvalue weighted by Gasteiger charge is 2.13. The van der Waals surface area contributed by atoms with Crippen LogP contribution in [-0.4, -0.2) is 30.5 Å². The van der Waals surface area contributed by atoms with Crippen LogP contribution >= 0.6 is 11.6 Å². The minimum Gasteiger partial charge on any atom is -0.366 e. The van der Waals surface area contributed by atoms with Gasteiger partial charge in [0.2, 0.25) is 21.9 Å². The number of halogens is 2. The number of nitrogens with zero attached hydrogens (tertiary/aromatic N) is 2. The third-order valence-electron chi connectivity index (χ3n) is 3.72. The molecule has 0 saturated carbocycles. The van der Waals surface area contributed by atoms with E-state index in [1.54, 1.807) is 24.3 Å². The van der Waals surface area contributed by atoms with Gasteiger partial charge in [0.1, 0.15) is 10.8 Å². The van der Waals surface area contributed by atoms with Crippen molar-refractivity contribution in [2.75, 3.05) is 21.6 Å².